The molecular weight excluding hydrogens is 190 g/mol. The molecule has 3 heteroatoms. The number of nitriles is 1. The Labute approximate surface area is 88.3 Å². The molecule has 0 saturated heterocycles. The SMILES string of the molecule is CCc1ccc(/C=C(/C#N)C(=O)O)cc1. The lowest BCUT2D eigenvalue weighted by Crippen LogP contribution is -1.97. The van der Waals surface area contributed by atoms with Gasteiger partial charge < -0.3 is 5.11 Å². The average Bonchev–Trinajstić information content (AvgIpc) is 2.26. The molecule has 0 heterocycles. The van der Waals surface area contributed by atoms with Crippen molar-refractivity contribution in [2.45, 2.75) is 13.3 Å². The first-order chi connectivity index (χ1) is 7.17. The van der Waals surface area contributed by atoms with Crippen LogP contribution >= 0.6 is 0 Å². The molecule has 0 unspecified atom stereocenters. The van der Waals surface area contributed by atoms with Crippen molar-refractivity contribution >= 4 is 12.0 Å². The van der Waals surface area contributed by atoms with E-state index < -0.39 is 5.97 Å². The van der Waals surface area contributed by atoms with Gasteiger partial charge in [-0.05, 0) is 23.6 Å². The molecule has 0 fully saturated rings. The average molecular weight is 201 g/mol. The first-order valence-electron chi connectivity index (χ1n) is 4.61. The van der Waals surface area contributed by atoms with E-state index in [0.717, 1.165) is 12.0 Å². The molecule has 1 rings (SSSR count). The highest BCUT2D eigenvalue weighted by Gasteiger charge is 2.04. The Morgan fingerprint density at radius 2 is 2.07 bits per heavy atom. The van der Waals surface area contributed by atoms with Gasteiger partial charge in [-0.2, -0.15) is 5.26 Å². The zero-order valence-electron chi connectivity index (χ0n) is 8.40. The number of carboxylic acid groups (broad SMARTS) is 1. The van der Waals surface area contributed by atoms with Crippen LogP contribution in [0.5, 0.6) is 0 Å². The molecule has 0 radical (unpaired) electrons. The maximum atomic E-state index is 10.6. The molecule has 0 aliphatic carbocycles. The fraction of sp³-hybridized carbons (Fsp3) is 0.167. The quantitative estimate of drug-likeness (QED) is 0.602. The third-order valence-corrected chi connectivity index (χ3v) is 2.05. The normalized spacial score (nSPS) is 10.8. The first-order valence-corrected chi connectivity index (χ1v) is 4.61. The molecular formula is C12H11NO2. The van der Waals surface area contributed by atoms with E-state index in [1.807, 2.05) is 19.1 Å². The summed E-state index contributed by atoms with van der Waals surface area (Å²) in [6.45, 7) is 2.04. The van der Waals surface area contributed by atoms with Gasteiger partial charge in [0.2, 0.25) is 0 Å². The highest BCUT2D eigenvalue weighted by Crippen LogP contribution is 2.09. The second-order valence-electron chi connectivity index (χ2n) is 3.07. The van der Waals surface area contributed by atoms with Crippen molar-refractivity contribution in [1.82, 2.24) is 0 Å². The molecule has 1 N–H and O–H groups in total. The lowest BCUT2D eigenvalue weighted by Gasteiger charge is -1.97. The van der Waals surface area contributed by atoms with Crippen molar-refractivity contribution in [2.24, 2.45) is 0 Å². The van der Waals surface area contributed by atoms with Gasteiger partial charge in [-0.3, -0.25) is 0 Å². The molecule has 76 valence electrons. The molecule has 3 nitrogen and oxygen atoms in total. The zero-order chi connectivity index (χ0) is 11.3. The molecule has 0 bridgehead atoms. The van der Waals surface area contributed by atoms with Crippen molar-refractivity contribution in [2.75, 3.05) is 0 Å². The maximum Gasteiger partial charge on any atom is 0.346 e. The number of carbonyl (C=O) groups is 1. The number of aliphatic carboxylic acids is 1. The zero-order valence-corrected chi connectivity index (χ0v) is 8.40. The highest BCUT2D eigenvalue weighted by atomic mass is 16.4. The Hall–Kier alpha value is -2.08. The van der Waals surface area contributed by atoms with Gasteiger partial charge in [0.05, 0.1) is 0 Å². The Kier molecular flexibility index (Phi) is 3.64. The van der Waals surface area contributed by atoms with E-state index in [1.54, 1.807) is 18.2 Å². The van der Waals surface area contributed by atoms with Gasteiger partial charge >= 0.3 is 5.97 Å². The Morgan fingerprint density at radius 1 is 1.47 bits per heavy atom. The number of rotatable bonds is 3. The van der Waals surface area contributed by atoms with Crippen LogP contribution in [0.15, 0.2) is 29.8 Å². The van der Waals surface area contributed by atoms with Crippen LogP contribution in [0.2, 0.25) is 0 Å². The van der Waals surface area contributed by atoms with Gasteiger partial charge in [0.25, 0.3) is 0 Å². The van der Waals surface area contributed by atoms with Crippen LogP contribution in [0.1, 0.15) is 18.1 Å². The van der Waals surface area contributed by atoms with Crippen LogP contribution in [0.3, 0.4) is 0 Å². The molecule has 15 heavy (non-hydrogen) atoms. The van der Waals surface area contributed by atoms with Crippen molar-refractivity contribution < 1.29 is 9.90 Å². The summed E-state index contributed by atoms with van der Waals surface area (Å²) in [5, 5.41) is 17.2. The predicted octanol–water partition coefficient (Wildman–Crippen LogP) is 2.24. The summed E-state index contributed by atoms with van der Waals surface area (Å²) in [5.41, 5.74) is 1.66. The summed E-state index contributed by atoms with van der Waals surface area (Å²) < 4.78 is 0. The molecule has 0 amide bonds. The smallest absolute Gasteiger partial charge is 0.346 e. The monoisotopic (exact) mass is 201 g/mol. The van der Waals surface area contributed by atoms with E-state index in [1.165, 1.54) is 11.6 Å². The van der Waals surface area contributed by atoms with Crippen LogP contribution in [-0.2, 0) is 11.2 Å². The van der Waals surface area contributed by atoms with Crippen LogP contribution in [0, 0.1) is 11.3 Å². The van der Waals surface area contributed by atoms with Crippen molar-refractivity contribution in [3.05, 3.63) is 41.0 Å². The summed E-state index contributed by atoms with van der Waals surface area (Å²) in [7, 11) is 0. The topological polar surface area (TPSA) is 61.1 Å². The second-order valence-corrected chi connectivity index (χ2v) is 3.07. The van der Waals surface area contributed by atoms with E-state index in [2.05, 4.69) is 0 Å². The predicted molar refractivity (Wildman–Crippen MR) is 57.0 cm³/mol. The minimum absolute atomic E-state index is 0.251. The van der Waals surface area contributed by atoms with E-state index in [-0.39, 0.29) is 5.57 Å². The van der Waals surface area contributed by atoms with Crippen molar-refractivity contribution in [1.29, 1.82) is 5.26 Å². The molecule has 0 atom stereocenters. The summed E-state index contributed by atoms with van der Waals surface area (Å²) in [5.74, 6) is -1.20. The maximum absolute atomic E-state index is 10.6. The third-order valence-electron chi connectivity index (χ3n) is 2.05. The molecule has 0 aliphatic heterocycles. The molecule has 1 aromatic rings. The summed E-state index contributed by atoms with van der Waals surface area (Å²) in [6, 6.07) is 9.09. The molecule has 0 aromatic heterocycles. The van der Waals surface area contributed by atoms with Crippen LogP contribution in [0.4, 0.5) is 0 Å². The number of hydrogen-bond donors (Lipinski definition) is 1. The van der Waals surface area contributed by atoms with Gasteiger partial charge in [-0.15, -0.1) is 0 Å². The third kappa shape index (κ3) is 2.96. The second kappa shape index (κ2) is 4.97. The largest absolute Gasteiger partial charge is 0.477 e. The van der Waals surface area contributed by atoms with Crippen LogP contribution in [0.25, 0.3) is 6.08 Å². The lowest BCUT2D eigenvalue weighted by molar-refractivity contribution is -0.132. The molecule has 0 spiro atoms. The minimum atomic E-state index is -1.20. The number of carboxylic acids is 1. The summed E-state index contributed by atoms with van der Waals surface area (Å²) in [6.07, 6.45) is 2.30. The lowest BCUT2D eigenvalue weighted by atomic mass is 10.1. The molecule has 1 aromatic carbocycles. The fourth-order valence-electron chi connectivity index (χ4n) is 1.16. The number of benzene rings is 1. The summed E-state index contributed by atoms with van der Waals surface area (Å²) >= 11 is 0. The van der Waals surface area contributed by atoms with E-state index in [4.69, 9.17) is 10.4 Å². The van der Waals surface area contributed by atoms with Crippen molar-refractivity contribution in [3.8, 4) is 6.07 Å². The van der Waals surface area contributed by atoms with Gasteiger partial charge in [0, 0.05) is 0 Å². The van der Waals surface area contributed by atoms with Crippen LogP contribution < -0.4 is 0 Å². The minimum Gasteiger partial charge on any atom is -0.477 e. The van der Waals surface area contributed by atoms with Gasteiger partial charge in [0.15, 0.2) is 0 Å². The number of nitrogens with zero attached hydrogens (tertiary/aromatic N) is 1. The molecule has 0 aliphatic rings. The van der Waals surface area contributed by atoms with Gasteiger partial charge in [-0.25, -0.2) is 4.79 Å². The first kappa shape index (κ1) is 11.0. The standard InChI is InChI=1S/C12H11NO2/c1-2-9-3-5-10(6-4-9)7-11(8-13)12(14)15/h3-7H,2H2,1H3,(H,14,15)/b11-7-. The van der Waals surface area contributed by atoms with Crippen molar-refractivity contribution in [3.63, 3.8) is 0 Å². The van der Waals surface area contributed by atoms with E-state index in [9.17, 15) is 4.79 Å². The van der Waals surface area contributed by atoms with Gasteiger partial charge in [-0.1, -0.05) is 31.2 Å². The Morgan fingerprint density at radius 3 is 2.47 bits per heavy atom. The van der Waals surface area contributed by atoms with Crippen LogP contribution in [-0.4, -0.2) is 11.1 Å². The highest BCUT2D eigenvalue weighted by molar-refractivity contribution is 5.96. The van der Waals surface area contributed by atoms with Gasteiger partial charge in [0.1, 0.15) is 11.6 Å². The molecule has 0 saturated carbocycles. The van der Waals surface area contributed by atoms with E-state index in [0.29, 0.717) is 0 Å². The Balaban J connectivity index is 2.98. The fourth-order valence-corrected chi connectivity index (χ4v) is 1.16. The number of hydrogen-bond acceptors (Lipinski definition) is 2. The number of aryl methyl sites for hydroxylation is 1. The Bertz CT molecular complexity index is 424. The summed E-state index contributed by atoms with van der Waals surface area (Å²) in [4.78, 5) is 10.6. The van der Waals surface area contributed by atoms with E-state index >= 15 is 0 Å².